The number of carbonyl (C=O) groups is 1. The molecule has 2 saturated heterocycles. The van der Waals surface area contributed by atoms with Gasteiger partial charge in [0, 0.05) is 13.1 Å². The number of hydrogen-bond donors (Lipinski definition) is 1. The molecular weight excluding hydrogens is 298 g/mol. The SMILES string of the molecule is CNCCC1CCN(C(C)C(=O)N2CCCCCC2)CC1.Cl. The summed E-state index contributed by atoms with van der Waals surface area (Å²) >= 11 is 0. The summed E-state index contributed by atoms with van der Waals surface area (Å²) in [5, 5.41) is 3.24. The Hall–Kier alpha value is -0.320. The highest BCUT2D eigenvalue weighted by Crippen LogP contribution is 2.22. The van der Waals surface area contributed by atoms with Crippen LogP contribution in [0.4, 0.5) is 0 Å². The van der Waals surface area contributed by atoms with Crippen LogP contribution in [0.2, 0.25) is 0 Å². The maximum absolute atomic E-state index is 12.7. The van der Waals surface area contributed by atoms with Gasteiger partial charge in [-0.2, -0.15) is 0 Å². The Bertz CT molecular complexity index is 311. The lowest BCUT2D eigenvalue weighted by atomic mass is 9.92. The minimum Gasteiger partial charge on any atom is -0.341 e. The van der Waals surface area contributed by atoms with Gasteiger partial charge in [0.25, 0.3) is 0 Å². The molecule has 0 aromatic heterocycles. The zero-order valence-corrected chi connectivity index (χ0v) is 15.2. The second kappa shape index (κ2) is 10.5. The molecule has 2 heterocycles. The van der Waals surface area contributed by atoms with E-state index in [0.717, 1.165) is 38.6 Å². The largest absolute Gasteiger partial charge is 0.341 e. The van der Waals surface area contributed by atoms with E-state index in [9.17, 15) is 4.79 Å². The molecule has 0 saturated carbocycles. The molecule has 0 aromatic carbocycles. The summed E-state index contributed by atoms with van der Waals surface area (Å²) in [6.45, 7) is 7.36. The van der Waals surface area contributed by atoms with Crippen LogP contribution in [-0.2, 0) is 4.79 Å². The predicted octanol–water partition coefficient (Wildman–Crippen LogP) is 2.52. The molecule has 2 aliphatic heterocycles. The standard InChI is InChI=1S/C17H33N3O.ClH/c1-15(17(21)20-11-5-3-4-6-12-20)19-13-8-16(9-14-19)7-10-18-2;/h15-16,18H,3-14H2,1-2H3;1H. The maximum atomic E-state index is 12.7. The number of amides is 1. The zero-order chi connectivity index (χ0) is 15.1. The summed E-state index contributed by atoms with van der Waals surface area (Å²) in [4.78, 5) is 17.2. The fraction of sp³-hybridized carbons (Fsp3) is 0.941. The lowest BCUT2D eigenvalue weighted by molar-refractivity contribution is -0.137. The highest BCUT2D eigenvalue weighted by atomic mass is 35.5. The molecule has 4 nitrogen and oxygen atoms in total. The number of nitrogens with one attached hydrogen (secondary N) is 1. The topological polar surface area (TPSA) is 35.6 Å². The first-order valence-corrected chi connectivity index (χ1v) is 8.90. The van der Waals surface area contributed by atoms with Crippen LogP contribution in [0.3, 0.4) is 0 Å². The molecule has 1 amide bonds. The third-order valence-electron chi connectivity index (χ3n) is 5.27. The van der Waals surface area contributed by atoms with Gasteiger partial charge >= 0.3 is 0 Å². The average molecular weight is 332 g/mol. The monoisotopic (exact) mass is 331 g/mol. The molecular formula is C17H34ClN3O. The third kappa shape index (κ3) is 5.71. The Balaban J connectivity index is 0.00000242. The van der Waals surface area contributed by atoms with E-state index >= 15 is 0 Å². The molecule has 2 rings (SSSR count). The Morgan fingerprint density at radius 3 is 2.23 bits per heavy atom. The van der Waals surface area contributed by atoms with Gasteiger partial charge in [-0.25, -0.2) is 0 Å². The Morgan fingerprint density at radius 2 is 1.68 bits per heavy atom. The van der Waals surface area contributed by atoms with E-state index in [4.69, 9.17) is 0 Å². The quantitative estimate of drug-likeness (QED) is 0.841. The van der Waals surface area contributed by atoms with Crippen molar-refractivity contribution in [3.8, 4) is 0 Å². The molecule has 0 bridgehead atoms. The summed E-state index contributed by atoms with van der Waals surface area (Å²) < 4.78 is 0. The van der Waals surface area contributed by atoms with Crippen molar-refractivity contribution in [1.29, 1.82) is 0 Å². The number of rotatable bonds is 5. The summed E-state index contributed by atoms with van der Waals surface area (Å²) in [6.07, 6.45) is 8.72. The second-order valence-electron chi connectivity index (χ2n) is 6.79. The first-order chi connectivity index (χ1) is 10.2. The molecule has 0 aromatic rings. The summed E-state index contributed by atoms with van der Waals surface area (Å²) in [7, 11) is 2.02. The molecule has 1 unspecified atom stereocenters. The van der Waals surface area contributed by atoms with E-state index in [1.54, 1.807) is 0 Å². The second-order valence-corrected chi connectivity index (χ2v) is 6.79. The fourth-order valence-electron chi connectivity index (χ4n) is 3.69. The minimum atomic E-state index is 0. The smallest absolute Gasteiger partial charge is 0.239 e. The molecule has 1 atom stereocenters. The van der Waals surface area contributed by atoms with Crippen LogP contribution < -0.4 is 5.32 Å². The number of hydrogen-bond acceptors (Lipinski definition) is 3. The van der Waals surface area contributed by atoms with Crippen molar-refractivity contribution in [2.75, 3.05) is 39.8 Å². The highest BCUT2D eigenvalue weighted by Gasteiger charge is 2.29. The number of likely N-dealkylation sites (tertiary alicyclic amines) is 2. The zero-order valence-electron chi connectivity index (χ0n) is 14.4. The minimum absolute atomic E-state index is 0. The highest BCUT2D eigenvalue weighted by molar-refractivity contribution is 5.85. The molecule has 0 aliphatic carbocycles. The van der Waals surface area contributed by atoms with Crippen LogP contribution >= 0.6 is 12.4 Å². The van der Waals surface area contributed by atoms with E-state index in [2.05, 4.69) is 22.0 Å². The van der Waals surface area contributed by atoms with E-state index < -0.39 is 0 Å². The van der Waals surface area contributed by atoms with Crippen LogP contribution in [0.25, 0.3) is 0 Å². The van der Waals surface area contributed by atoms with E-state index in [1.165, 1.54) is 44.9 Å². The molecule has 2 fully saturated rings. The normalized spacial score (nSPS) is 22.7. The number of nitrogens with zero attached hydrogens (tertiary/aromatic N) is 2. The van der Waals surface area contributed by atoms with Gasteiger partial charge in [-0.1, -0.05) is 12.8 Å². The van der Waals surface area contributed by atoms with Gasteiger partial charge in [0.2, 0.25) is 5.91 Å². The summed E-state index contributed by atoms with van der Waals surface area (Å²) in [6, 6.07) is 0.0772. The first kappa shape index (κ1) is 19.7. The van der Waals surface area contributed by atoms with Crippen molar-refractivity contribution in [2.45, 2.75) is 57.9 Å². The number of piperidine rings is 1. The van der Waals surface area contributed by atoms with Crippen molar-refractivity contribution in [3.63, 3.8) is 0 Å². The van der Waals surface area contributed by atoms with Gasteiger partial charge in [-0.3, -0.25) is 9.69 Å². The summed E-state index contributed by atoms with van der Waals surface area (Å²) in [5.74, 6) is 1.21. The van der Waals surface area contributed by atoms with Crippen LogP contribution in [0.1, 0.15) is 51.9 Å². The Kier molecular flexibility index (Phi) is 9.37. The molecule has 5 heteroatoms. The van der Waals surface area contributed by atoms with Gasteiger partial charge in [0.05, 0.1) is 6.04 Å². The molecule has 0 spiro atoms. The Morgan fingerprint density at radius 1 is 1.09 bits per heavy atom. The van der Waals surface area contributed by atoms with Crippen LogP contribution in [-0.4, -0.2) is 61.5 Å². The number of carbonyl (C=O) groups excluding carboxylic acids is 1. The van der Waals surface area contributed by atoms with Gasteiger partial charge in [-0.15, -0.1) is 12.4 Å². The lowest BCUT2D eigenvalue weighted by Crippen LogP contribution is -2.50. The molecule has 1 N–H and O–H groups in total. The molecule has 2 aliphatic rings. The van der Waals surface area contributed by atoms with Crippen LogP contribution in [0.15, 0.2) is 0 Å². The van der Waals surface area contributed by atoms with Crippen molar-refractivity contribution in [3.05, 3.63) is 0 Å². The lowest BCUT2D eigenvalue weighted by Gasteiger charge is -2.37. The van der Waals surface area contributed by atoms with Crippen molar-refractivity contribution in [1.82, 2.24) is 15.1 Å². The summed E-state index contributed by atoms with van der Waals surface area (Å²) in [5.41, 5.74) is 0. The average Bonchev–Trinajstić information content (AvgIpc) is 2.81. The third-order valence-corrected chi connectivity index (χ3v) is 5.27. The van der Waals surface area contributed by atoms with Crippen molar-refractivity contribution in [2.24, 2.45) is 5.92 Å². The van der Waals surface area contributed by atoms with E-state index in [-0.39, 0.29) is 18.4 Å². The molecule has 22 heavy (non-hydrogen) atoms. The van der Waals surface area contributed by atoms with Crippen LogP contribution in [0, 0.1) is 5.92 Å². The Labute approximate surface area is 142 Å². The van der Waals surface area contributed by atoms with Crippen molar-refractivity contribution < 1.29 is 4.79 Å². The number of halogens is 1. The van der Waals surface area contributed by atoms with E-state index in [0.29, 0.717) is 5.91 Å². The first-order valence-electron chi connectivity index (χ1n) is 8.90. The predicted molar refractivity (Wildman–Crippen MR) is 94.6 cm³/mol. The fourth-order valence-corrected chi connectivity index (χ4v) is 3.69. The van der Waals surface area contributed by atoms with Gasteiger partial charge in [0.15, 0.2) is 0 Å². The van der Waals surface area contributed by atoms with E-state index in [1.807, 2.05) is 7.05 Å². The van der Waals surface area contributed by atoms with Gasteiger partial charge in [-0.05, 0) is 71.6 Å². The van der Waals surface area contributed by atoms with Crippen LogP contribution in [0.5, 0.6) is 0 Å². The molecule has 130 valence electrons. The maximum Gasteiger partial charge on any atom is 0.239 e. The van der Waals surface area contributed by atoms with Crippen molar-refractivity contribution >= 4 is 18.3 Å². The molecule has 0 radical (unpaired) electrons. The van der Waals surface area contributed by atoms with Gasteiger partial charge in [0.1, 0.15) is 0 Å². The van der Waals surface area contributed by atoms with Gasteiger partial charge < -0.3 is 10.2 Å².